The minimum Gasteiger partial charge on any atom is -0.378 e. The van der Waals surface area contributed by atoms with Crippen molar-refractivity contribution in [1.82, 2.24) is 4.90 Å². The van der Waals surface area contributed by atoms with Gasteiger partial charge in [-0.05, 0) is 31.4 Å². The Morgan fingerprint density at radius 2 is 1.91 bits per heavy atom. The molecule has 0 radical (unpaired) electrons. The van der Waals surface area contributed by atoms with Crippen LogP contribution in [0.1, 0.15) is 24.8 Å². The molecular weight excluding hydrogens is 290 g/mol. The molecular formula is C18H21N3O2. The Morgan fingerprint density at radius 3 is 2.74 bits per heavy atom. The molecule has 120 valence electrons. The van der Waals surface area contributed by atoms with Gasteiger partial charge in [0.2, 0.25) is 0 Å². The van der Waals surface area contributed by atoms with E-state index in [0.29, 0.717) is 0 Å². The van der Waals surface area contributed by atoms with E-state index in [4.69, 9.17) is 9.73 Å². The predicted octanol–water partition coefficient (Wildman–Crippen LogP) is 2.18. The number of allylic oxidation sites excluding steroid dienone is 1. The van der Waals surface area contributed by atoms with E-state index in [9.17, 15) is 4.79 Å². The summed E-state index contributed by atoms with van der Waals surface area (Å²) in [5.74, 6) is 1.83. The summed E-state index contributed by atoms with van der Waals surface area (Å²) in [5, 5.41) is 0. The van der Waals surface area contributed by atoms with Crippen LogP contribution in [0.4, 0.5) is 5.69 Å². The molecule has 5 nitrogen and oxygen atoms in total. The molecule has 3 heterocycles. The average molecular weight is 311 g/mol. The summed E-state index contributed by atoms with van der Waals surface area (Å²) in [6.07, 6.45) is 3.93. The van der Waals surface area contributed by atoms with E-state index in [1.165, 1.54) is 5.69 Å². The van der Waals surface area contributed by atoms with E-state index in [-0.39, 0.29) is 0 Å². The van der Waals surface area contributed by atoms with Crippen LogP contribution in [0.25, 0.3) is 0 Å². The van der Waals surface area contributed by atoms with E-state index >= 15 is 0 Å². The van der Waals surface area contributed by atoms with Crippen LogP contribution < -0.4 is 4.90 Å². The fraction of sp³-hybridized carbons (Fsp3) is 0.444. The summed E-state index contributed by atoms with van der Waals surface area (Å²) in [5.41, 5.74) is 3.15. The molecule has 3 aliphatic rings. The van der Waals surface area contributed by atoms with Gasteiger partial charge in [0.15, 0.2) is 0 Å². The lowest BCUT2D eigenvalue weighted by molar-refractivity contribution is -0.105. The first-order valence-electron chi connectivity index (χ1n) is 8.35. The second-order valence-corrected chi connectivity index (χ2v) is 6.13. The maximum Gasteiger partial charge on any atom is 0.149 e. The number of hydrogen-bond donors (Lipinski definition) is 0. The number of rotatable bonds is 1. The third kappa shape index (κ3) is 2.55. The van der Waals surface area contributed by atoms with Crippen molar-refractivity contribution in [2.45, 2.75) is 19.3 Å². The highest BCUT2D eigenvalue weighted by molar-refractivity contribution is 6.06. The molecule has 0 atom stereocenters. The second-order valence-electron chi connectivity index (χ2n) is 6.13. The molecule has 0 amide bonds. The number of ether oxygens (including phenoxy) is 1. The summed E-state index contributed by atoms with van der Waals surface area (Å²) < 4.78 is 5.47. The first-order chi connectivity index (χ1) is 11.4. The molecule has 1 saturated heterocycles. The van der Waals surface area contributed by atoms with Crippen LogP contribution in [0.15, 0.2) is 40.7 Å². The highest BCUT2D eigenvalue weighted by Gasteiger charge is 2.30. The van der Waals surface area contributed by atoms with Crippen LogP contribution >= 0.6 is 0 Å². The Morgan fingerprint density at radius 1 is 1.09 bits per heavy atom. The second kappa shape index (κ2) is 6.16. The molecule has 0 saturated carbocycles. The molecule has 23 heavy (non-hydrogen) atoms. The number of anilines is 1. The van der Waals surface area contributed by atoms with E-state index in [0.717, 1.165) is 81.2 Å². The van der Waals surface area contributed by atoms with Crippen LogP contribution in [-0.2, 0) is 9.53 Å². The van der Waals surface area contributed by atoms with E-state index in [1.54, 1.807) is 0 Å². The molecule has 0 N–H and O–H groups in total. The predicted molar refractivity (Wildman–Crippen MR) is 89.7 cm³/mol. The number of fused-ring (bicyclic) bond motifs is 3. The number of morpholine rings is 1. The van der Waals surface area contributed by atoms with Crippen LogP contribution in [-0.4, -0.2) is 49.9 Å². The molecule has 3 aliphatic heterocycles. The summed E-state index contributed by atoms with van der Waals surface area (Å²) in [6, 6.07) is 8.39. The summed E-state index contributed by atoms with van der Waals surface area (Å²) >= 11 is 0. The normalized spacial score (nSPS) is 21.3. The molecule has 0 aromatic heterocycles. The van der Waals surface area contributed by atoms with Crippen LogP contribution in [0.3, 0.4) is 0 Å². The SMILES string of the molecule is O=CC1=C2N=C(N3CCOCC3)c3ccccc3N2CCCC1. The van der Waals surface area contributed by atoms with Crippen molar-refractivity contribution in [2.24, 2.45) is 4.99 Å². The molecule has 1 aromatic rings. The van der Waals surface area contributed by atoms with Crippen LogP contribution in [0.2, 0.25) is 0 Å². The highest BCUT2D eigenvalue weighted by atomic mass is 16.5. The average Bonchev–Trinajstić information content (AvgIpc) is 2.83. The number of aliphatic imine (C=N–C) groups is 1. The molecule has 1 aromatic carbocycles. The van der Waals surface area contributed by atoms with Gasteiger partial charge in [-0.15, -0.1) is 0 Å². The van der Waals surface area contributed by atoms with Gasteiger partial charge in [-0.25, -0.2) is 4.99 Å². The number of amidine groups is 1. The number of para-hydroxylation sites is 1. The lowest BCUT2D eigenvalue weighted by Gasteiger charge is -2.37. The van der Waals surface area contributed by atoms with Crippen molar-refractivity contribution in [2.75, 3.05) is 37.7 Å². The first-order valence-corrected chi connectivity index (χ1v) is 8.35. The van der Waals surface area contributed by atoms with Gasteiger partial charge in [0.05, 0.1) is 18.9 Å². The largest absolute Gasteiger partial charge is 0.378 e. The number of carbonyl (C=O) groups is 1. The quantitative estimate of drug-likeness (QED) is 0.746. The lowest BCUT2D eigenvalue weighted by atomic mass is 10.1. The molecule has 0 aliphatic carbocycles. The molecule has 0 bridgehead atoms. The van der Waals surface area contributed by atoms with Gasteiger partial charge in [0, 0.05) is 30.8 Å². The maximum absolute atomic E-state index is 11.6. The Hall–Kier alpha value is -2.14. The fourth-order valence-electron chi connectivity index (χ4n) is 3.53. The van der Waals surface area contributed by atoms with Crippen molar-refractivity contribution in [1.29, 1.82) is 0 Å². The number of benzene rings is 1. The highest BCUT2D eigenvalue weighted by Crippen LogP contribution is 2.35. The van der Waals surface area contributed by atoms with Crippen molar-refractivity contribution in [3.63, 3.8) is 0 Å². The minimum absolute atomic E-state index is 0.727. The van der Waals surface area contributed by atoms with E-state index < -0.39 is 0 Å². The number of nitrogens with zero attached hydrogens (tertiary/aromatic N) is 3. The monoisotopic (exact) mass is 311 g/mol. The van der Waals surface area contributed by atoms with Gasteiger partial charge in [-0.1, -0.05) is 12.1 Å². The number of aldehydes is 1. The third-order valence-corrected chi connectivity index (χ3v) is 4.72. The molecule has 4 rings (SSSR count). The topological polar surface area (TPSA) is 45.1 Å². The lowest BCUT2D eigenvalue weighted by Crippen LogP contribution is -2.44. The zero-order chi connectivity index (χ0) is 15.6. The van der Waals surface area contributed by atoms with Crippen molar-refractivity contribution >= 4 is 17.8 Å². The standard InChI is InChI=1S/C18H21N3O2/c22-13-14-5-3-4-8-21-16-7-2-1-6-15(16)18(19-17(14)21)20-9-11-23-12-10-20/h1-2,6-7,13H,3-5,8-12H2. The van der Waals surface area contributed by atoms with Crippen LogP contribution in [0, 0.1) is 0 Å². The minimum atomic E-state index is 0.727. The summed E-state index contributed by atoms with van der Waals surface area (Å²) in [4.78, 5) is 21.0. The Kier molecular flexibility index (Phi) is 3.87. The van der Waals surface area contributed by atoms with Gasteiger partial charge in [-0.2, -0.15) is 0 Å². The van der Waals surface area contributed by atoms with Crippen LogP contribution in [0.5, 0.6) is 0 Å². The maximum atomic E-state index is 11.6. The first kappa shape index (κ1) is 14.5. The number of carbonyl (C=O) groups excluding carboxylic acids is 1. The van der Waals surface area contributed by atoms with Gasteiger partial charge in [0.1, 0.15) is 17.9 Å². The summed E-state index contributed by atoms with van der Waals surface area (Å²) in [6.45, 7) is 4.06. The van der Waals surface area contributed by atoms with Crippen molar-refractivity contribution < 1.29 is 9.53 Å². The molecule has 1 fully saturated rings. The van der Waals surface area contributed by atoms with Gasteiger partial charge < -0.3 is 14.5 Å². The molecule has 0 unspecified atom stereocenters. The smallest absolute Gasteiger partial charge is 0.149 e. The molecule has 0 spiro atoms. The van der Waals surface area contributed by atoms with Gasteiger partial charge in [0.25, 0.3) is 0 Å². The number of hydrogen-bond acceptors (Lipinski definition) is 5. The fourth-order valence-corrected chi connectivity index (χ4v) is 3.53. The Labute approximate surface area is 136 Å². The van der Waals surface area contributed by atoms with Gasteiger partial charge in [-0.3, -0.25) is 4.79 Å². The van der Waals surface area contributed by atoms with E-state index in [2.05, 4.69) is 34.1 Å². The summed E-state index contributed by atoms with van der Waals surface area (Å²) in [7, 11) is 0. The zero-order valence-electron chi connectivity index (χ0n) is 13.2. The molecule has 5 heteroatoms. The Bertz CT molecular complexity index is 675. The Balaban J connectivity index is 1.86. The van der Waals surface area contributed by atoms with Crippen molar-refractivity contribution in [3.8, 4) is 0 Å². The van der Waals surface area contributed by atoms with E-state index in [1.807, 2.05) is 0 Å². The van der Waals surface area contributed by atoms with Gasteiger partial charge >= 0.3 is 0 Å². The van der Waals surface area contributed by atoms with Crippen molar-refractivity contribution in [3.05, 3.63) is 41.2 Å². The third-order valence-electron chi connectivity index (χ3n) is 4.72. The zero-order valence-corrected chi connectivity index (χ0v) is 13.2.